The first-order chi connectivity index (χ1) is 10.8. The van der Waals surface area contributed by atoms with Crippen molar-refractivity contribution in [3.8, 4) is 5.69 Å². The molecule has 3 heteroatoms. The van der Waals surface area contributed by atoms with E-state index in [-0.39, 0.29) is 0 Å². The highest BCUT2D eigenvalue weighted by atomic mass is 15.2. The number of nitrogens with zero attached hydrogens (tertiary/aromatic N) is 3. The lowest BCUT2D eigenvalue weighted by Crippen LogP contribution is -2.28. The molecule has 0 spiro atoms. The fourth-order valence-corrected chi connectivity index (χ4v) is 3.25. The molecule has 0 fully saturated rings. The van der Waals surface area contributed by atoms with Gasteiger partial charge in [-0.1, -0.05) is 30.3 Å². The Balaban J connectivity index is 1.57. The highest BCUT2D eigenvalue weighted by Crippen LogP contribution is 2.33. The molecule has 4 rings (SSSR count). The third kappa shape index (κ3) is 2.29. The van der Waals surface area contributed by atoms with Gasteiger partial charge in [0.25, 0.3) is 0 Å². The largest absolute Gasteiger partial charge is 0.364 e. The first kappa shape index (κ1) is 13.1. The SMILES string of the molecule is C[C@H]1Cc2ccccc2N1Cc1ccc(-n2ccnc2)cc1. The summed E-state index contributed by atoms with van der Waals surface area (Å²) in [5, 5.41) is 0. The monoisotopic (exact) mass is 289 g/mol. The van der Waals surface area contributed by atoms with E-state index in [1.165, 1.54) is 16.8 Å². The van der Waals surface area contributed by atoms with Gasteiger partial charge in [0, 0.05) is 36.4 Å². The number of fused-ring (bicyclic) bond motifs is 1. The van der Waals surface area contributed by atoms with Crippen LogP contribution in [0.25, 0.3) is 5.69 Å². The molecule has 0 aliphatic carbocycles. The minimum absolute atomic E-state index is 0.561. The van der Waals surface area contributed by atoms with Crippen molar-refractivity contribution in [2.24, 2.45) is 0 Å². The molecule has 1 aromatic heterocycles. The van der Waals surface area contributed by atoms with Crippen LogP contribution in [0.15, 0.2) is 67.3 Å². The van der Waals surface area contributed by atoms with Crippen molar-refractivity contribution in [3.63, 3.8) is 0 Å². The summed E-state index contributed by atoms with van der Waals surface area (Å²) in [6.07, 6.45) is 6.74. The molecular weight excluding hydrogens is 270 g/mol. The second-order valence-corrected chi connectivity index (χ2v) is 5.95. The van der Waals surface area contributed by atoms with E-state index >= 15 is 0 Å². The summed E-state index contributed by atoms with van der Waals surface area (Å²) < 4.78 is 2.03. The standard InChI is InChI=1S/C19H19N3/c1-15-12-17-4-2-3-5-19(17)22(15)13-16-6-8-18(9-7-16)21-11-10-20-14-21/h2-11,14-15H,12-13H2,1H3/t15-/m0/s1. The third-order valence-corrected chi connectivity index (χ3v) is 4.44. The second-order valence-electron chi connectivity index (χ2n) is 5.95. The Bertz CT molecular complexity index is 760. The second kappa shape index (κ2) is 5.34. The molecule has 0 radical (unpaired) electrons. The number of para-hydroxylation sites is 1. The van der Waals surface area contributed by atoms with Crippen molar-refractivity contribution in [2.75, 3.05) is 4.90 Å². The molecule has 0 N–H and O–H groups in total. The van der Waals surface area contributed by atoms with Gasteiger partial charge in [0.1, 0.15) is 0 Å². The van der Waals surface area contributed by atoms with E-state index in [2.05, 4.69) is 65.3 Å². The van der Waals surface area contributed by atoms with Gasteiger partial charge in [0.05, 0.1) is 6.33 Å². The van der Waals surface area contributed by atoms with Gasteiger partial charge in [0.2, 0.25) is 0 Å². The predicted octanol–water partition coefficient (Wildman–Crippen LogP) is 3.82. The van der Waals surface area contributed by atoms with Gasteiger partial charge >= 0.3 is 0 Å². The highest BCUT2D eigenvalue weighted by molar-refractivity contribution is 5.59. The van der Waals surface area contributed by atoms with Gasteiger partial charge in [-0.2, -0.15) is 0 Å². The molecular formula is C19H19N3. The Morgan fingerprint density at radius 1 is 1.09 bits per heavy atom. The maximum Gasteiger partial charge on any atom is 0.0991 e. The lowest BCUT2D eigenvalue weighted by molar-refractivity contribution is 0.672. The molecule has 3 nitrogen and oxygen atoms in total. The first-order valence-electron chi connectivity index (χ1n) is 7.73. The fraction of sp³-hybridized carbons (Fsp3) is 0.211. The quantitative estimate of drug-likeness (QED) is 0.731. The van der Waals surface area contributed by atoms with E-state index in [0.717, 1.165) is 18.7 Å². The van der Waals surface area contributed by atoms with E-state index < -0.39 is 0 Å². The first-order valence-corrected chi connectivity index (χ1v) is 7.73. The topological polar surface area (TPSA) is 21.1 Å². The average Bonchev–Trinajstić information content (AvgIpc) is 3.17. The van der Waals surface area contributed by atoms with Gasteiger partial charge in [0.15, 0.2) is 0 Å². The molecule has 3 aromatic rings. The normalized spacial score (nSPS) is 16.8. The molecule has 2 heterocycles. The van der Waals surface area contributed by atoms with Crippen LogP contribution in [0.4, 0.5) is 5.69 Å². The Kier molecular flexibility index (Phi) is 3.19. The summed E-state index contributed by atoms with van der Waals surface area (Å²) >= 11 is 0. The molecule has 0 saturated heterocycles. The average molecular weight is 289 g/mol. The zero-order valence-corrected chi connectivity index (χ0v) is 12.7. The Morgan fingerprint density at radius 2 is 1.91 bits per heavy atom. The van der Waals surface area contributed by atoms with Crippen LogP contribution in [0.3, 0.4) is 0 Å². The van der Waals surface area contributed by atoms with Crippen LogP contribution < -0.4 is 4.90 Å². The summed E-state index contributed by atoms with van der Waals surface area (Å²) in [6.45, 7) is 3.27. The molecule has 1 aliphatic heterocycles. The van der Waals surface area contributed by atoms with E-state index in [0.29, 0.717) is 6.04 Å². The zero-order valence-electron chi connectivity index (χ0n) is 12.7. The number of imidazole rings is 1. The smallest absolute Gasteiger partial charge is 0.0991 e. The number of anilines is 1. The summed E-state index contributed by atoms with van der Waals surface area (Å²) in [4.78, 5) is 6.60. The van der Waals surface area contributed by atoms with Crippen LogP contribution in [0, 0.1) is 0 Å². The molecule has 0 saturated carbocycles. The number of rotatable bonds is 3. The molecule has 0 unspecified atom stereocenters. The maximum atomic E-state index is 4.09. The van der Waals surface area contributed by atoms with Crippen LogP contribution in [0.5, 0.6) is 0 Å². The highest BCUT2D eigenvalue weighted by Gasteiger charge is 2.25. The molecule has 110 valence electrons. The molecule has 22 heavy (non-hydrogen) atoms. The molecule has 0 bridgehead atoms. The fourth-order valence-electron chi connectivity index (χ4n) is 3.25. The van der Waals surface area contributed by atoms with Crippen molar-refractivity contribution in [1.82, 2.24) is 9.55 Å². The van der Waals surface area contributed by atoms with Crippen LogP contribution in [-0.2, 0) is 13.0 Å². The number of aromatic nitrogens is 2. The molecule has 1 aliphatic rings. The number of benzene rings is 2. The van der Waals surface area contributed by atoms with E-state index in [9.17, 15) is 0 Å². The zero-order chi connectivity index (χ0) is 14.9. The Morgan fingerprint density at radius 3 is 2.68 bits per heavy atom. The van der Waals surface area contributed by atoms with Crippen LogP contribution in [0.1, 0.15) is 18.1 Å². The molecule has 0 amide bonds. The summed E-state index contributed by atoms with van der Waals surface area (Å²) in [5.41, 5.74) is 5.34. The van der Waals surface area contributed by atoms with Gasteiger partial charge in [-0.15, -0.1) is 0 Å². The van der Waals surface area contributed by atoms with Gasteiger partial charge < -0.3 is 9.47 Å². The van der Waals surface area contributed by atoms with E-state index in [4.69, 9.17) is 0 Å². The lowest BCUT2D eigenvalue weighted by atomic mass is 10.1. The summed E-state index contributed by atoms with van der Waals surface area (Å²) in [6, 6.07) is 18.0. The predicted molar refractivity (Wildman–Crippen MR) is 89.4 cm³/mol. The van der Waals surface area contributed by atoms with Crippen LogP contribution in [0.2, 0.25) is 0 Å². The Labute approximate surface area is 130 Å². The third-order valence-electron chi connectivity index (χ3n) is 4.44. The van der Waals surface area contributed by atoms with E-state index in [1.54, 1.807) is 6.20 Å². The van der Waals surface area contributed by atoms with Gasteiger partial charge in [-0.25, -0.2) is 4.98 Å². The van der Waals surface area contributed by atoms with E-state index in [1.807, 2.05) is 17.1 Å². The molecule has 1 atom stereocenters. The van der Waals surface area contributed by atoms with Gasteiger partial charge in [-0.05, 0) is 42.7 Å². The van der Waals surface area contributed by atoms with Crippen molar-refractivity contribution in [3.05, 3.63) is 78.4 Å². The van der Waals surface area contributed by atoms with Crippen LogP contribution >= 0.6 is 0 Å². The minimum Gasteiger partial charge on any atom is -0.364 e. The number of hydrogen-bond acceptors (Lipinski definition) is 2. The van der Waals surface area contributed by atoms with Crippen molar-refractivity contribution >= 4 is 5.69 Å². The summed E-state index contributed by atoms with van der Waals surface area (Å²) in [5.74, 6) is 0. The summed E-state index contributed by atoms with van der Waals surface area (Å²) in [7, 11) is 0. The van der Waals surface area contributed by atoms with Crippen LogP contribution in [-0.4, -0.2) is 15.6 Å². The Hall–Kier alpha value is -2.55. The van der Waals surface area contributed by atoms with Gasteiger partial charge in [-0.3, -0.25) is 0 Å². The minimum atomic E-state index is 0.561. The van der Waals surface area contributed by atoms with Crippen molar-refractivity contribution < 1.29 is 0 Å². The number of hydrogen-bond donors (Lipinski definition) is 0. The molecule has 2 aromatic carbocycles. The van der Waals surface area contributed by atoms with Crippen molar-refractivity contribution in [1.29, 1.82) is 0 Å². The maximum absolute atomic E-state index is 4.09. The van der Waals surface area contributed by atoms with Crippen molar-refractivity contribution in [2.45, 2.75) is 25.9 Å². The lowest BCUT2D eigenvalue weighted by Gasteiger charge is -2.25.